The monoisotopic (exact) mass is 306 g/mol. The van der Waals surface area contributed by atoms with Crippen LogP contribution in [-0.2, 0) is 32.5 Å². The minimum Gasteiger partial charge on any atom is -0.394 e. The van der Waals surface area contributed by atoms with Gasteiger partial charge in [-0.1, -0.05) is 19.0 Å². The maximum Gasteiger partial charge on any atom is 0.141 e. The molecule has 2 rings (SSSR count). The fourth-order valence-corrected chi connectivity index (χ4v) is 2.75. The zero-order valence-corrected chi connectivity index (χ0v) is 13.9. The third kappa shape index (κ3) is 3.39. The van der Waals surface area contributed by atoms with Gasteiger partial charge in [0.2, 0.25) is 0 Å². The summed E-state index contributed by atoms with van der Waals surface area (Å²) in [5.41, 5.74) is 5.53. The van der Waals surface area contributed by atoms with Gasteiger partial charge in [-0.15, -0.1) is 0 Å². The summed E-state index contributed by atoms with van der Waals surface area (Å²) < 4.78 is 7.25. The fraction of sp³-hybridized carbons (Fsp3) is 0.625. The molecular weight excluding hydrogens is 280 g/mol. The summed E-state index contributed by atoms with van der Waals surface area (Å²) in [6.07, 6.45) is 1.74. The lowest BCUT2D eigenvalue weighted by Gasteiger charge is -2.07. The number of aromatic nitrogens is 3. The second kappa shape index (κ2) is 7.56. The van der Waals surface area contributed by atoms with Crippen LogP contribution >= 0.6 is 0 Å². The van der Waals surface area contributed by atoms with Gasteiger partial charge in [0.1, 0.15) is 5.76 Å². The van der Waals surface area contributed by atoms with E-state index >= 15 is 0 Å². The average molecular weight is 306 g/mol. The number of hydrogen-bond acceptors (Lipinski definition) is 5. The number of aliphatic hydroxyl groups excluding tert-OH is 1. The van der Waals surface area contributed by atoms with Gasteiger partial charge in [-0.25, -0.2) is 0 Å². The molecule has 0 saturated carbocycles. The lowest BCUT2D eigenvalue weighted by Crippen LogP contribution is -2.15. The van der Waals surface area contributed by atoms with Crippen LogP contribution in [0.5, 0.6) is 0 Å². The maximum atomic E-state index is 9.07. The first-order chi connectivity index (χ1) is 10.6. The largest absolute Gasteiger partial charge is 0.394 e. The fourth-order valence-electron chi connectivity index (χ4n) is 2.75. The number of nitrogens with zero attached hydrogens (tertiary/aromatic N) is 3. The quantitative estimate of drug-likeness (QED) is 0.779. The van der Waals surface area contributed by atoms with E-state index in [2.05, 4.69) is 29.4 Å². The van der Waals surface area contributed by atoms with E-state index < -0.39 is 0 Å². The molecule has 0 aromatic carbocycles. The molecule has 0 aliphatic heterocycles. The van der Waals surface area contributed by atoms with Crippen LogP contribution in [0.2, 0.25) is 0 Å². The van der Waals surface area contributed by atoms with Crippen molar-refractivity contribution in [3.63, 3.8) is 0 Å². The normalized spacial score (nSPS) is 11.3. The first-order valence-corrected chi connectivity index (χ1v) is 7.93. The zero-order valence-electron chi connectivity index (χ0n) is 13.9. The molecule has 0 unspecified atom stereocenters. The second-order valence-electron chi connectivity index (χ2n) is 5.44. The van der Waals surface area contributed by atoms with E-state index in [1.165, 1.54) is 11.1 Å². The van der Waals surface area contributed by atoms with Crippen LogP contribution in [-0.4, -0.2) is 26.7 Å². The molecule has 122 valence electrons. The molecule has 0 atom stereocenters. The predicted octanol–water partition coefficient (Wildman–Crippen LogP) is 1.89. The van der Waals surface area contributed by atoms with Gasteiger partial charge >= 0.3 is 0 Å². The summed E-state index contributed by atoms with van der Waals surface area (Å²) >= 11 is 0. The lowest BCUT2D eigenvalue weighted by atomic mass is 10.1. The molecule has 0 amide bonds. The summed E-state index contributed by atoms with van der Waals surface area (Å²) in [7, 11) is 0. The van der Waals surface area contributed by atoms with Crippen molar-refractivity contribution < 1.29 is 9.63 Å². The van der Waals surface area contributed by atoms with E-state index in [0.29, 0.717) is 6.54 Å². The Morgan fingerprint density at radius 2 is 1.86 bits per heavy atom. The second-order valence-corrected chi connectivity index (χ2v) is 5.44. The number of aliphatic hydroxyl groups is 1. The molecule has 0 bridgehead atoms. The SMILES string of the molecule is CCc1noc(CC)c1CNCc1c(C)nn(CCO)c1C. The minimum absolute atomic E-state index is 0.106. The van der Waals surface area contributed by atoms with Crippen LogP contribution < -0.4 is 5.32 Å². The van der Waals surface area contributed by atoms with Gasteiger partial charge in [-0.05, 0) is 20.3 Å². The Morgan fingerprint density at radius 1 is 1.14 bits per heavy atom. The highest BCUT2D eigenvalue weighted by Gasteiger charge is 2.14. The number of nitrogens with one attached hydrogen (secondary N) is 1. The van der Waals surface area contributed by atoms with Crippen molar-refractivity contribution >= 4 is 0 Å². The summed E-state index contributed by atoms with van der Waals surface area (Å²) in [6, 6.07) is 0. The third-order valence-electron chi connectivity index (χ3n) is 4.05. The van der Waals surface area contributed by atoms with E-state index in [9.17, 15) is 0 Å². The Hall–Kier alpha value is -1.66. The van der Waals surface area contributed by atoms with Gasteiger partial charge in [0.05, 0.1) is 24.5 Å². The van der Waals surface area contributed by atoms with Crippen LogP contribution in [0.15, 0.2) is 4.52 Å². The highest BCUT2D eigenvalue weighted by atomic mass is 16.5. The Bertz CT molecular complexity index is 594. The first-order valence-electron chi connectivity index (χ1n) is 7.93. The smallest absolute Gasteiger partial charge is 0.141 e. The molecule has 2 aromatic heterocycles. The van der Waals surface area contributed by atoms with Gasteiger partial charge in [-0.3, -0.25) is 4.68 Å². The van der Waals surface area contributed by atoms with Crippen LogP contribution in [0.25, 0.3) is 0 Å². The summed E-state index contributed by atoms with van der Waals surface area (Å²) in [4.78, 5) is 0. The van der Waals surface area contributed by atoms with Crippen molar-refractivity contribution in [1.29, 1.82) is 0 Å². The van der Waals surface area contributed by atoms with Crippen molar-refractivity contribution in [2.45, 2.75) is 60.2 Å². The summed E-state index contributed by atoms with van der Waals surface area (Å²) in [5.74, 6) is 0.966. The van der Waals surface area contributed by atoms with E-state index in [0.717, 1.165) is 48.8 Å². The molecule has 0 spiro atoms. The summed E-state index contributed by atoms with van der Waals surface area (Å²) in [6.45, 7) is 10.4. The van der Waals surface area contributed by atoms with Gasteiger partial charge < -0.3 is 14.9 Å². The molecule has 0 fully saturated rings. The predicted molar refractivity (Wildman–Crippen MR) is 84.6 cm³/mol. The molecule has 0 radical (unpaired) electrons. The Kier molecular flexibility index (Phi) is 5.74. The van der Waals surface area contributed by atoms with Gasteiger partial charge in [0.15, 0.2) is 0 Å². The zero-order chi connectivity index (χ0) is 16.1. The molecule has 6 heteroatoms. The lowest BCUT2D eigenvalue weighted by molar-refractivity contribution is 0.267. The molecule has 0 aliphatic rings. The van der Waals surface area contributed by atoms with Gasteiger partial charge in [-0.2, -0.15) is 5.10 Å². The molecule has 2 N–H and O–H groups in total. The Balaban J connectivity index is 2.04. The number of aryl methyl sites for hydroxylation is 3. The highest BCUT2D eigenvalue weighted by molar-refractivity contribution is 5.26. The third-order valence-corrected chi connectivity index (χ3v) is 4.05. The highest BCUT2D eigenvalue weighted by Crippen LogP contribution is 2.17. The molecule has 0 aliphatic carbocycles. The molecule has 0 saturated heterocycles. The van der Waals surface area contributed by atoms with Gasteiger partial charge in [0, 0.05) is 36.3 Å². The summed E-state index contributed by atoms with van der Waals surface area (Å²) in [5, 5.41) is 21.1. The van der Waals surface area contributed by atoms with E-state index in [-0.39, 0.29) is 6.61 Å². The molecule has 2 heterocycles. The van der Waals surface area contributed by atoms with Crippen molar-refractivity contribution in [3.8, 4) is 0 Å². The van der Waals surface area contributed by atoms with Crippen molar-refractivity contribution in [2.75, 3.05) is 6.61 Å². The molecule has 22 heavy (non-hydrogen) atoms. The van der Waals surface area contributed by atoms with Gasteiger partial charge in [0.25, 0.3) is 0 Å². The topological polar surface area (TPSA) is 76.1 Å². The minimum atomic E-state index is 0.106. The average Bonchev–Trinajstić information content (AvgIpc) is 3.03. The van der Waals surface area contributed by atoms with E-state index in [1.807, 2.05) is 18.5 Å². The van der Waals surface area contributed by atoms with Crippen LogP contribution in [0, 0.1) is 13.8 Å². The number of hydrogen-bond donors (Lipinski definition) is 2. The van der Waals surface area contributed by atoms with E-state index in [1.54, 1.807) is 0 Å². The van der Waals surface area contributed by atoms with Crippen molar-refractivity contribution in [3.05, 3.63) is 34.0 Å². The number of rotatable bonds is 8. The molecule has 6 nitrogen and oxygen atoms in total. The van der Waals surface area contributed by atoms with Crippen molar-refractivity contribution in [1.82, 2.24) is 20.3 Å². The van der Waals surface area contributed by atoms with E-state index in [4.69, 9.17) is 9.63 Å². The van der Waals surface area contributed by atoms with Crippen LogP contribution in [0.3, 0.4) is 0 Å². The maximum absolute atomic E-state index is 9.07. The first kappa shape index (κ1) is 16.7. The molecular formula is C16H26N4O2. The van der Waals surface area contributed by atoms with Crippen LogP contribution in [0.4, 0.5) is 0 Å². The Labute approximate surface area is 131 Å². The molecule has 2 aromatic rings. The Morgan fingerprint density at radius 3 is 2.50 bits per heavy atom. The van der Waals surface area contributed by atoms with Crippen molar-refractivity contribution in [2.24, 2.45) is 0 Å². The standard InChI is InChI=1S/C16H26N4O2/c1-5-15-14(16(6-2)22-19-15)10-17-9-13-11(3)18-20(7-8-21)12(13)4/h17,21H,5-10H2,1-4H3. The van der Waals surface area contributed by atoms with Crippen LogP contribution in [0.1, 0.15) is 47.8 Å².